The molecule has 0 saturated heterocycles. The van der Waals surface area contributed by atoms with Gasteiger partial charge in [0.15, 0.2) is 11.5 Å². The van der Waals surface area contributed by atoms with Gasteiger partial charge in [0.25, 0.3) is 0 Å². The third-order valence-electron chi connectivity index (χ3n) is 1.55. The van der Waals surface area contributed by atoms with Gasteiger partial charge in [0.05, 0.1) is 21.1 Å². The molecule has 66 valence electrons. The zero-order valence-electron chi connectivity index (χ0n) is 7.46. The van der Waals surface area contributed by atoms with Gasteiger partial charge in [-0.25, -0.2) is 0 Å². The van der Waals surface area contributed by atoms with E-state index in [-0.39, 0.29) is 0 Å². The lowest BCUT2D eigenvalue weighted by Gasteiger charge is -2.21. The maximum Gasteiger partial charge on any atom is 0.212 e. The van der Waals surface area contributed by atoms with Gasteiger partial charge in [-0.05, 0) is 0 Å². The quantitative estimate of drug-likeness (QED) is 0.500. The van der Waals surface area contributed by atoms with E-state index in [1.807, 2.05) is 21.1 Å². The maximum absolute atomic E-state index is 10.2. The van der Waals surface area contributed by atoms with Crippen molar-refractivity contribution in [3.8, 4) is 0 Å². The summed E-state index contributed by atoms with van der Waals surface area (Å²) in [4.78, 5) is 10.2. The number of nitrogens with one attached hydrogen (secondary N) is 2. The molecule has 0 saturated carbocycles. The molecule has 5 nitrogen and oxygen atoms in total. The molecule has 1 rings (SSSR count). The summed E-state index contributed by atoms with van der Waals surface area (Å²) in [6.07, 6.45) is 2.33. The van der Waals surface area contributed by atoms with Crippen LogP contribution in [0.1, 0.15) is 0 Å². The summed E-state index contributed by atoms with van der Waals surface area (Å²) in [5.74, 6) is 0.650. The van der Waals surface area contributed by atoms with Crippen molar-refractivity contribution in [3.63, 3.8) is 0 Å². The van der Waals surface area contributed by atoms with Crippen LogP contribution < -0.4 is 9.80 Å². The fourth-order valence-electron chi connectivity index (χ4n) is 0.954. The van der Waals surface area contributed by atoms with Crippen molar-refractivity contribution in [1.82, 2.24) is 14.7 Å². The first-order valence-electron chi connectivity index (χ1n) is 3.61. The molecule has 1 amide bonds. The lowest BCUT2D eigenvalue weighted by molar-refractivity contribution is -0.105. The minimum atomic E-state index is 0.618. The zero-order valence-corrected chi connectivity index (χ0v) is 7.46. The van der Waals surface area contributed by atoms with Crippen LogP contribution in [0.2, 0.25) is 0 Å². The topological polar surface area (TPSA) is 57.8 Å². The molecule has 1 aromatic rings. The van der Waals surface area contributed by atoms with Crippen LogP contribution in [0.25, 0.3) is 0 Å². The monoisotopic (exact) mass is 169 g/mol. The SMILES string of the molecule is C[N+](C)(C)c1cn[nH]c1NC=O. The zero-order chi connectivity index (χ0) is 9.19. The van der Waals surface area contributed by atoms with E-state index in [2.05, 4.69) is 15.5 Å². The predicted octanol–water partition coefficient (Wildman–Crippen LogP) is 0.175. The number of carbonyl (C=O) groups is 1. The Labute approximate surface area is 71.0 Å². The Bertz CT molecular complexity index is 273. The summed E-state index contributed by atoms with van der Waals surface area (Å²) in [7, 11) is 6.00. The molecule has 0 atom stereocenters. The summed E-state index contributed by atoms with van der Waals surface area (Å²) in [5, 5.41) is 9.10. The second-order valence-corrected chi connectivity index (χ2v) is 3.40. The second-order valence-electron chi connectivity index (χ2n) is 3.40. The van der Waals surface area contributed by atoms with Crippen LogP contribution in [0, 0.1) is 0 Å². The Morgan fingerprint density at radius 1 is 1.58 bits per heavy atom. The van der Waals surface area contributed by atoms with Gasteiger partial charge in [0, 0.05) is 0 Å². The van der Waals surface area contributed by atoms with E-state index in [1.54, 1.807) is 6.20 Å². The minimum Gasteiger partial charge on any atom is -0.309 e. The average molecular weight is 169 g/mol. The molecule has 1 heterocycles. The van der Waals surface area contributed by atoms with Crippen molar-refractivity contribution in [3.05, 3.63) is 6.20 Å². The van der Waals surface area contributed by atoms with Gasteiger partial charge >= 0.3 is 0 Å². The highest BCUT2D eigenvalue weighted by atomic mass is 16.1. The average Bonchev–Trinajstić information content (AvgIpc) is 2.34. The van der Waals surface area contributed by atoms with Gasteiger partial charge < -0.3 is 5.32 Å². The molecular formula is C7H13N4O+. The molecule has 0 aliphatic rings. The van der Waals surface area contributed by atoms with Gasteiger partial charge in [-0.1, -0.05) is 0 Å². The van der Waals surface area contributed by atoms with Crippen LogP contribution in [0.3, 0.4) is 0 Å². The van der Waals surface area contributed by atoms with Crippen molar-refractivity contribution in [2.45, 2.75) is 0 Å². The number of rotatable bonds is 3. The van der Waals surface area contributed by atoms with Crippen LogP contribution in [-0.2, 0) is 4.79 Å². The number of aromatic amines is 1. The van der Waals surface area contributed by atoms with Crippen LogP contribution in [0.15, 0.2) is 6.20 Å². The van der Waals surface area contributed by atoms with E-state index in [1.165, 1.54) is 0 Å². The molecule has 0 radical (unpaired) electrons. The number of aromatic nitrogens is 2. The van der Waals surface area contributed by atoms with Crippen LogP contribution in [0.4, 0.5) is 11.5 Å². The molecule has 1 aromatic heterocycles. The van der Waals surface area contributed by atoms with E-state index < -0.39 is 0 Å². The molecular weight excluding hydrogens is 156 g/mol. The largest absolute Gasteiger partial charge is 0.309 e. The van der Waals surface area contributed by atoms with Crippen molar-refractivity contribution < 1.29 is 4.79 Å². The standard InChI is InChI=1S/C7H12N4O/c1-11(2,3)6-4-9-10-7(6)8-5-12/h4-5H,1-3H3,(H-,8,9,10,12)/p+1. The Kier molecular flexibility index (Phi) is 2.14. The molecule has 5 heteroatoms. The second kappa shape index (κ2) is 2.94. The van der Waals surface area contributed by atoms with Crippen molar-refractivity contribution >= 4 is 17.9 Å². The first kappa shape index (κ1) is 8.73. The van der Waals surface area contributed by atoms with Crippen molar-refractivity contribution in [1.29, 1.82) is 0 Å². The van der Waals surface area contributed by atoms with Crippen molar-refractivity contribution in [2.75, 3.05) is 26.5 Å². The molecule has 0 unspecified atom stereocenters. The summed E-state index contributed by atoms with van der Waals surface area (Å²) in [6, 6.07) is 0. The maximum atomic E-state index is 10.2. The molecule has 2 N–H and O–H groups in total. The number of H-pyrrole nitrogens is 1. The number of carbonyl (C=O) groups excluding carboxylic acids is 1. The summed E-state index contributed by atoms with van der Waals surface area (Å²) in [5.41, 5.74) is 0.946. The third kappa shape index (κ3) is 1.62. The number of hydrogen-bond acceptors (Lipinski definition) is 2. The number of quaternary nitrogens is 1. The summed E-state index contributed by atoms with van der Waals surface area (Å²) < 4.78 is 0.618. The van der Waals surface area contributed by atoms with Gasteiger partial charge in [0.2, 0.25) is 6.41 Å². The minimum absolute atomic E-state index is 0.618. The third-order valence-corrected chi connectivity index (χ3v) is 1.55. The van der Waals surface area contributed by atoms with Gasteiger partial charge in [-0.3, -0.25) is 14.4 Å². The summed E-state index contributed by atoms with van der Waals surface area (Å²) >= 11 is 0. The summed E-state index contributed by atoms with van der Waals surface area (Å²) in [6.45, 7) is 0. The first-order chi connectivity index (χ1) is 5.55. The molecule has 0 bridgehead atoms. The highest BCUT2D eigenvalue weighted by molar-refractivity contribution is 5.76. The lowest BCUT2D eigenvalue weighted by Crippen LogP contribution is -2.35. The number of anilines is 1. The number of hydrogen-bond donors (Lipinski definition) is 2. The molecule has 0 aliphatic heterocycles. The Morgan fingerprint density at radius 3 is 2.75 bits per heavy atom. The highest BCUT2D eigenvalue weighted by Crippen LogP contribution is 2.23. The fourth-order valence-corrected chi connectivity index (χ4v) is 0.954. The van der Waals surface area contributed by atoms with Gasteiger partial charge in [-0.2, -0.15) is 5.10 Å². The normalized spacial score (nSPS) is 11.2. The number of amides is 1. The fraction of sp³-hybridized carbons (Fsp3) is 0.429. The van der Waals surface area contributed by atoms with E-state index in [4.69, 9.17) is 0 Å². The van der Waals surface area contributed by atoms with Crippen LogP contribution >= 0.6 is 0 Å². The molecule has 12 heavy (non-hydrogen) atoms. The highest BCUT2D eigenvalue weighted by Gasteiger charge is 2.19. The van der Waals surface area contributed by atoms with Gasteiger partial charge in [0.1, 0.15) is 6.20 Å². The Morgan fingerprint density at radius 2 is 2.25 bits per heavy atom. The van der Waals surface area contributed by atoms with E-state index in [0.29, 0.717) is 16.7 Å². The first-order valence-corrected chi connectivity index (χ1v) is 3.61. The molecule has 0 spiro atoms. The van der Waals surface area contributed by atoms with Crippen LogP contribution in [0.5, 0.6) is 0 Å². The Hall–Kier alpha value is -1.36. The number of nitrogens with zero attached hydrogens (tertiary/aromatic N) is 2. The van der Waals surface area contributed by atoms with E-state index >= 15 is 0 Å². The van der Waals surface area contributed by atoms with Crippen LogP contribution in [-0.4, -0.2) is 37.8 Å². The van der Waals surface area contributed by atoms with Crippen molar-refractivity contribution in [2.24, 2.45) is 0 Å². The molecule has 0 fully saturated rings. The predicted molar refractivity (Wildman–Crippen MR) is 47.8 cm³/mol. The smallest absolute Gasteiger partial charge is 0.212 e. The van der Waals surface area contributed by atoms with E-state index in [0.717, 1.165) is 5.69 Å². The van der Waals surface area contributed by atoms with Gasteiger partial charge in [-0.15, -0.1) is 0 Å². The molecule has 0 aliphatic carbocycles. The molecule has 0 aromatic carbocycles. The lowest BCUT2D eigenvalue weighted by atomic mass is 10.4. The Balaban J connectivity index is 2.99. The van der Waals surface area contributed by atoms with E-state index in [9.17, 15) is 4.79 Å².